The molecular weight excluding hydrogens is 506 g/mol. The van der Waals surface area contributed by atoms with E-state index in [9.17, 15) is 18.0 Å². The minimum Gasteiger partial charge on any atom is -0.382 e. The molecule has 0 amide bonds. The van der Waals surface area contributed by atoms with E-state index >= 15 is 0 Å². The monoisotopic (exact) mass is 527 g/mol. The van der Waals surface area contributed by atoms with Crippen molar-refractivity contribution in [2.75, 3.05) is 11.1 Å². The first-order valence-electron chi connectivity index (χ1n) is 11.1. The highest BCUT2D eigenvalue weighted by Crippen LogP contribution is 2.27. The van der Waals surface area contributed by atoms with E-state index < -0.39 is 21.4 Å². The van der Waals surface area contributed by atoms with Gasteiger partial charge in [0.1, 0.15) is 15.8 Å². The predicted molar refractivity (Wildman–Crippen MR) is 139 cm³/mol. The van der Waals surface area contributed by atoms with Crippen LogP contribution in [0.1, 0.15) is 24.2 Å². The van der Waals surface area contributed by atoms with Crippen molar-refractivity contribution < 1.29 is 13.2 Å². The zero-order valence-electron chi connectivity index (χ0n) is 18.8. The van der Waals surface area contributed by atoms with Crippen LogP contribution in [0.5, 0.6) is 0 Å². The minimum atomic E-state index is -3.72. The van der Waals surface area contributed by atoms with Crippen LogP contribution in [0.3, 0.4) is 0 Å². The molecule has 7 nitrogen and oxygen atoms in total. The number of halogens is 1. The zero-order valence-corrected chi connectivity index (χ0v) is 21.2. The van der Waals surface area contributed by atoms with E-state index in [4.69, 9.17) is 11.6 Å². The summed E-state index contributed by atoms with van der Waals surface area (Å²) in [6, 6.07) is 15.9. The summed E-state index contributed by atoms with van der Waals surface area (Å²) in [7, 11) is -3.72. The van der Waals surface area contributed by atoms with Gasteiger partial charge in [0.25, 0.3) is 5.56 Å². The zero-order chi connectivity index (χ0) is 24.7. The summed E-state index contributed by atoms with van der Waals surface area (Å²) < 4.78 is 26.8. The lowest BCUT2D eigenvalue weighted by atomic mass is 10.1. The number of ketones is 1. The van der Waals surface area contributed by atoms with E-state index in [1.807, 2.05) is 12.1 Å². The molecule has 1 fully saturated rings. The van der Waals surface area contributed by atoms with Crippen molar-refractivity contribution >= 4 is 55.1 Å². The number of benzene rings is 2. The van der Waals surface area contributed by atoms with Crippen LogP contribution in [0.4, 0.5) is 5.69 Å². The average molecular weight is 528 g/mol. The SMILES string of the molecule is Cc1nc2cc(NC3CC3)ccc2c(=O)n1-c1ccc(CC(=O)CS(=O)(=O)c2ccc(Cl)s2)cc1. The normalized spacial score (nSPS) is 13.8. The third-order valence-corrected chi connectivity index (χ3v) is 9.28. The molecule has 1 aliphatic carbocycles. The second-order valence-corrected chi connectivity index (χ2v) is 12.6. The quantitative estimate of drug-likeness (QED) is 0.360. The number of hydrogen-bond donors (Lipinski definition) is 1. The van der Waals surface area contributed by atoms with Crippen LogP contribution in [-0.4, -0.2) is 35.5 Å². The van der Waals surface area contributed by atoms with Gasteiger partial charge in [-0.05, 0) is 67.8 Å². The second-order valence-electron chi connectivity index (χ2n) is 8.65. The van der Waals surface area contributed by atoms with Gasteiger partial charge in [-0.2, -0.15) is 0 Å². The Morgan fingerprint density at radius 1 is 1.14 bits per heavy atom. The van der Waals surface area contributed by atoms with Crippen LogP contribution in [0.25, 0.3) is 16.6 Å². The van der Waals surface area contributed by atoms with Crippen LogP contribution in [0, 0.1) is 6.92 Å². The number of fused-ring (bicyclic) bond motifs is 1. The average Bonchev–Trinajstić information content (AvgIpc) is 3.49. The summed E-state index contributed by atoms with van der Waals surface area (Å²) in [5.41, 5.74) is 2.72. The molecular formula is C25H22ClN3O4S2. The molecule has 10 heteroatoms. The van der Waals surface area contributed by atoms with Gasteiger partial charge in [-0.25, -0.2) is 13.4 Å². The Hall–Kier alpha value is -3.01. The molecule has 0 unspecified atom stereocenters. The summed E-state index contributed by atoms with van der Waals surface area (Å²) in [5.74, 6) is -0.453. The Balaban J connectivity index is 1.34. The van der Waals surface area contributed by atoms with Gasteiger partial charge in [-0.15, -0.1) is 11.3 Å². The number of anilines is 1. The maximum Gasteiger partial charge on any atom is 0.265 e. The molecule has 0 bridgehead atoms. The fraction of sp³-hybridized carbons (Fsp3) is 0.240. The van der Waals surface area contributed by atoms with Crippen molar-refractivity contribution in [3.63, 3.8) is 0 Å². The number of hydrogen-bond acceptors (Lipinski definition) is 7. The fourth-order valence-electron chi connectivity index (χ4n) is 3.94. The molecule has 4 aromatic rings. The van der Waals surface area contributed by atoms with E-state index in [2.05, 4.69) is 10.3 Å². The molecule has 0 spiro atoms. The number of rotatable bonds is 8. The van der Waals surface area contributed by atoms with Crippen molar-refractivity contribution in [1.29, 1.82) is 0 Å². The molecule has 1 saturated carbocycles. The number of carbonyl (C=O) groups is 1. The number of sulfone groups is 1. The molecule has 2 heterocycles. The van der Waals surface area contributed by atoms with Crippen molar-refractivity contribution in [2.45, 2.75) is 36.4 Å². The fourth-order valence-corrected chi connectivity index (χ4v) is 6.75. The van der Waals surface area contributed by atoms with Crippen molar-refractivity contribution in [3.8, 4) is 5.69 Å². The summed E-state index contributed by atoms with van der Waals surface area (Å²) in [6.07, 6.45) is 2.29. The Bertz CT molecular complexity index is 1600. The Morgan fingerprint density at radius 3 is 2.54 bits per heavy atom. The van der Waals surface area contributed by atoms with E-state index in [1.165, 1.54) is 16.7 Å². The lowest BCUT2D eigenvalue weighted by molar-refractivity contribution is -0.116. The van der Waals surface area contributed by atoms with Gasteiger partial charge >= 0.3 is 0 Å². The number of carbonyl (C=O) groups excluding carboxylic acids is 1. The van der Waals surface area contributed by atoms with Crippen LogP contribution in [-0.2, 0) is 21.1 Å². The largest absolute Gasteiger partial charge is 0.382 e. The molecule has 180 valence electrons. The summed E-state index contributed by atoms with van der Waals surface area (Å²) in [4.78, 5) is 30.3. The van der Waals surface area contributed by atoms with E-state index in [0.717, 1.165) is 29.9 Å². The maximum atomic E-state index is 13.2. The highest BCUT2D eigenvalue weighted by molar-refractivity contribution is 7.94. The summed E-state index contributed by atoms with van der Waals surface area (Å²) in [6.45, 7) is 1.78. The predicted octanol–water partition coefficient (Wildman–Crippen LogP) is 4.57. The molecule has 1 N–H and O–H groups in total. The first-order valence-corrected chi connectivity index (χ1v) is 13.9. The maximum absolute atomic E-state index is 13.2. The molecule has 2 aromatic carbocycles. The lowest BCUT2D eigenvalue weighted by Gasteiger charge is -2.12. The van der Waals surface area contributed by atoms with Crippen LogP contribution >= 0.6 is 22.9 Å². The minimum absolute atomic E-state index is 0.0285. The third kappa shape index (κ3) is 5.17. The van der Waals surface area contributed by atoms with Gasteiger partial charge in [-0.3, -0.25) is 14.2 Å². The van der Waals surface area contributed by atoms with Crippen molar-refractivity contribution in [2.24, 2.45) is 0 Å². The van der Waals surface area contributed by atoms with E-state index in [0.29, 0.717) is 38.4 Å². The second kappa shape index (κ2) is 9.22. The van der Waals surface area contributed by atoms with E-state index in [-0.39, 0.29) is 16.2 Å². The number of nitrogens with zero attached hydrogens (tertiary/aromatic N) is 2. The van der Waals surface area contributed by atoms with Crippen LogP contribution < -0.4 is 10.9 Å². The molecule has 0 radical (unpaired) electrons. The molecule has 5 rings (SSSR count). The third-order valence-electron chi connectivity index (χ3n) is 5.79. The molecule has 0 aliphatic heterocycles. The standard InChI is InChI=1S/C25H22ClN3O4S2/c1-15-27-22-13-18(28-17-4-5-17)6-9-21(22)25(31)29(15)19-7-2-16(3-8-19)12-20(30)14-35(32,33)24-11-10-23(26)34-24/h2-3,6-11,13,17,28H,4-5,12,14H2,1H3. The van der Waals surface area contributed by atoms with Gasteiger partial charge in [-0.1, -0.05) is 23.7 Å². The Morgan fingerprint density at radius 2 is 1.89 bits per heavy atom. The Labute approximate surface area is 211 Å². The molecule has 0 saturated heterocycles. The molecule has 2 aromatic heterocycles. The van der Waals surface area contributed by atoms with Gasteiger partial charge in [0.15, 0.2) is 15.6 Å². The van der Waals surface area contributed by atoms with Gasteiger partial charge in [0.05, 0.1) is 20.9 Å². The van der Waals surface area contributed by atoms with Gasteiger partial charge < -0.3 is 5.32 Å². The highest BCUT2D eigenvalue weighted by Gasteiger charge is 2.22. The number of aromatic nitrogens is 2. The van der Waals surface area contributed by atoms with Crippen molar-refractivity contribution in [3.05, 3.63) is 80.7 Å². The first kappa shape index (κ1) is 23.7. The topological polar surface area (TPSA) is 98.1 Å². The summed E-state index contributed by atoms with van der Waals surface area (Å²) >= 11 is 6.75. The van der Waals surface area contributed by atoms with Crippen molar-refractivity contribution in [1.82, 2.24) is 9.55 Å². The molecule has 35 heavy (non-hydrogen) atoms. The number of Topliss-reactive ketones (excluding diaryl/α,β-unsaturated/α-hetero) is 1. The Kier molecular flexibility index (Phi) is 6.25. The molecule has 0 atom stereocenters. The van der Waals surface area contributed by atoms with Crippen LogP contribution in [0.2, 0.25) is 4.34 Å². The number of thiophene rings is 1. The van der Waals surface area contributed by atoms with Crippen LogP contribution in [0.15, 0.2) is 63.6 Å². The number of aryl methyl sites for hydroxylation is 1. The van der Waals surface area contributed by atoms with Gasteiger partial charge in [0.2, 0.25) is 0 Å². The number of nitrogens with one attached hydrogen (secondary N) is 1. The van der Waals surface area contributed by atoms with E-state index in [1.54, 1.807) is 37.3 Å². The lowest BCUT2D eigenvalue weighted by Crippen LogP contribution is -2.22. The van der Waals surface area contributed by atoms with Gasteiger partial charge in [0, 0.05) is 18.2 Å². The molecule has 1 aliphatic rings. The summed E-state index contributed by atoms with van der Waals surface area (Å²) in [5, 5.41) is 3.94. The first-order chi connectivity index (χ1) is 16.7. The highest BCUT2D eigenvalue weighted by atomic mass is 35.5. The smallest absolute Gasteiger partial charge is 0.265 e.